The minimum atomic E-state index is -4.47. The SMILES string of the molecule is O=C(CCOCC(F)(F)F)Nc1cccc(C(=O)O)c1O. The van der Waals surface area contributed by atoms with Gasteiger partial charge < -0.3 is 20.3 Å². The zero-order valence-corrected chi connectivity index (χ0v) is 10.6. The first-order chi connectivity index (χ1) is 9.70. The van der Waals surface area contributed by atoms with Crippen LogP contribution < -0.4 is 5.32 Å². The van der Waals surface area contributed by atoms with Gasteiger partial charge >= 0.3 is 12.1 Å². The van der Waals surface area contributed by atoms with Gasteiger partial charge in [-0.05, 0) is 12.1 Å². The maximum absolute atomic E-state index is 11.8. The molecule has 1 aromatic carbocycles. The van der Waals surface area contributed by atoms with Gasteiger partial charge in [0.05, 0.1) is 18.7 Å². The summed E-state index contributed by atoms with van der Waals surface area (Å²) >= 11 is 0. The normalized spacial score (nSPS) is 11.2. The van der Waals surface area contributed by atoms with E-state index in [-0.39, 0.29) is 12.1 Å². The molecule has 0 radical (unpaired) electrons. The number of halogens is 3. The fourth-order valence-corrected chi connectivity index (χ4v) is 1.38. The quantitative estimate of drug-likeness (QED) is 0.552. The third-order valence-electron chi connectivity index (χ3n) is 2.28. The molecule has 116 valence electrons. The Bertz CT molecular complexity index is 530. The third kappa shape index (κ3) is 5.69. The number of carboxylic acid groups (broad SMARTS) is 1. The van der Waals surface area contributed by atoms with Crippen LogP contribution in [0.1, 0.15) is 16.8 Å². The van der Waals surface area contributed by atoms with Gasteiger partial charge in [-0.3, -0.25) is 4.79 Å². The third-order valence-corrected chi connectivity index (χ3v) is 2.28. The molecule has 0 atom stereocenters. The Morgan fingerprint density at radius 2 is 1.95 bits per heavy atom. The number of rotatable bonds is 6. The Balaban J connectivity index is 2.52. The zero-order chi connectivity index (χ0) is 16.0. The molecule has 0 saturated carbocycles. The van der Waals surface area contributed by atoms with Crippen molar-refractivity contribution in [1.82, 2.24) is 0 Å². The van der Waals surface area contributed by atoms with Crippen LogP contribution in [-0.2, 0) is 9.53 Å². The second-order valence-corrected chi connectivity index (χ2v) is 3.97. The molecule has 0 aliphatic rings. The van der Waals surface area contributed by atoms with Crippen LogP contribution in [0.5, 0.6) is 5.75 Å². The molecule has 0 aliphatic carbocycles. The molecule has 1 aromatic rings. The molecule has 0 spiro atoms. The second-order valence-electron chi connectivity index (χ2n) is 3.97. The molecule has 0 aromatic heterocycles. The van der Waals surface area contributed by atoms with Gasteiger partial charge in [0.25, 0.3) is 0 Å². The molecular weight excluding hydrogens is 295 g/mol. The number of aromatic carboxylic acids is 1. The number of carbonyl (C=O) groups excluding carboxylic acids is 1. The smallest absolute Gasteiger partial charge is 0.411 e. The minimum Gasteiger partial charge on any atom is -0.505 e. The highest BCUT2D eigenvalue weighted by Crippen LogP contribution is 2.27. The summed E-state index contributed by atoms with van der Waals surface area (Å²) in [6.07, 6.45) is -4.84. The number of ether oxygens (including phenoxy) is 1. The molecule has 0 heterocycles. The lowest BCUT2D eigenvalue weighted by molar-refractivity contribution is -0.174. The van der Waals surface area contributed by atoms with Crippen molar-refractivity contribution in [3.8, 4) is 5.75 Å². The largest absolute Gasteiger partial charge is 0.505 e. The van der Waals surface area contributed by atoms with Crippen molar-refractivity contribution in [2.75, 3.05) is 18.5 Å². The number of anilines is 1. The summed E-state index contributed by atoms with van der Waals surface area (Å²) < 4.78 is 39.6. The van der Waals surface area contributed by atoms with Crippen LogP contribution in [0.25, 0.3) is 0 Å². The summed E-state index contributed by atoms with van der Waals surface area (Å²) in [6.45, 7) is -1.91. The van der Waals surface area contributed by atoms with Gasteiger partial charge in [0.1, 0.15) is 12.2 Å². The van der Waals surface area contributed by atoms with Gasteiger partial charge in [-0.2, -0.15) is 13.2 Å². The van der Waals surface area contributed by atoms with E-state index < -0.39 is 42.6 Å². The molecular formula is C12H12F3NO5. The summed E-state index contributed by atoms with van der Waals surface area (Å²) in [5.41, 5.74) is -0.545. The summed E-state index contributed by atoms with van der Waals surface area (Å²) in [6, 6.07) is 3.70. The Kier molecular flexibility index (Phi) is 5.53. The summed E-state index contributed by atoms with van der Waals surface area (Å²) in [7, 11) is 0. The number of alkyl halides is 3. The van der Waals surface area contributed by atoms with Crippen LogP contribution in [0.2, 0.25) is 0 Å². The van der Waals surface area contributed by atoms with E-state index in [9.17, 15) is 27.9 Å². The van der Waals surface area contributed by atoms with Crippen molar-refractivity contribution in [3.05, 3.63) is 23.8 Å². The van der Waals surface area contributed by atoms with E-state index in [0.717, 1.165) is 6.07 Å². The predicted molar refractivity (Wildman–Crippen MR) is 65.2 cm³/mol. The Morgan fingerprint density at radius 1 is 1.29 bits per heavy atom. The van der Waals surface area contributed by atoms with E-state index >= 15 is 0 Å². The van der Waals surface area contributed by atoms with Crippen molar-refractivity contribution >= 4 is 17.6 Å². The number of aromatic hydroxyl groups is 1. The lowest BCUT2D eigenvalue weighted by Crippen LogP contribution is -2.20. The van der Waals surface area contributed by atoms with Gasteiger partial charge in [-0.1, -0.05) is 6.07 Å². The lowest BCUT2D eigenvalue weighted by atomic mass is 10.1. The number of benzene rings is 1. The van der Waals surface area contributed by atoms with E-state index in [1.165, 1.54) is 12.1 Å². The molecule has 0 aliphatic heterocycles. The van der Waals surface area contributed by atoms with Crippen LogP contribution in [0.4, 0.5) is 18.9 Å². The average molecular weight is 307 g/mol. The molecule has 6 nitrogen and oxygen atoms in total. The number of carbonyl (C=O) groups is 2. The molecule has 1 rings (SSSR count). The minimum absolute atomic E-state index is 0.143. The number of para-hydroxylation sites is 1. The van der Waals surface area contributed by atoms with Crippen LogP contribution in [0.15, 0.2) is 18.2 Å². The second kappa shape index (κ2) is 6.93. The fraction of sp³-hybridized carbons (Fsp3) is 0.333. The summed E-state index contributed by atoms with van der Waals surface area (Å²) in [5, 5.41) is 20.6. The fourth-order valence-electron chi connectivity index (χ4n) is 1.38. The summed E-state index contributed by atoms with van der Waals surface area (Å²) in [5.74, 6) is -2.72. The van der Waals surface area contributed by atoms with Crippen molar-refractivity contribution in [1.29, 1.82) is 0 Å². The first-order valence-corrected chi connectivity index (χ1v) is 5.70. The first kappa shape index (κ1) is 16.8. The van der Waals surface area contributed by atoms with Crippen LogP contribution in [0.3, 0.4) is 0 Å². The molecule has 21 heavy (non-hydrogen) atoms. The first-order valence-electron chi connectivity index (χ1n) is 5.70. The average Bonchev–Trinajstić information content (AvgIpc) is 2.36. The molecule has 0 fully saturated rings. The monoisotopic (exact) mass is 307 g/mol. The van der Waals surface area contributed by atoms with E-state index in [2.05, 4.69) is 10.1 Å². The maximum Gasteiger partial charge on any atom is 0.411 e. The van der Waals surface area contributed by atoms with Gasteiger partial charge in [-0.15, -0.1) is 0 Å². The topological polar surface area (TPSA) is 95.9 Å². The van der Waals surface area contributed by atoms with Crippen molar-refractivity contribution in [2.45, 2.75) is 12.6 Å². The van der Waals surface area contributed by atoms with Crippen molar-refractivity contribution in [2.24, 2.45) is 0 Å². The predicted octanol–water partition coefficient (Wildman–Crippen LogP) is 2.00. The number of phenols is 1. The van der Waals surface area contributed by atoms with E-state index in [1.807, 2.05) is 0 Å². The van der Waals surface area contributed by atoms with Crippen LogP contribution >= 0.6 is 0 Å². The van der Waals surface area contributed by atoms with E-state index in [1.54, 1.807) is 0 Å². The highest BCUT2D eigenvalue weighted by Gasteiger charge is 2.27. The van der Waals surface area contributed by atoms with Crippen molar-refractivity contribution < 1.29 is 37.7 Å². The lowest BCUT2D eigenvalue weighted by Gasteiger charge is -2.10. The molecule has 9 heteroatoms. The Hall–Kier alpha value is -2.29. The van der Waals surface area contributed by atoms with Gasteiger partial charge in [0.2, 0.25) is 5.91 Å². The number of nitrogens with one attached hydrogen (secondary N) is 1. The molecule has 0 saturated heterocycles. The zero-order valence-electron chi connectivity index (χ0n) is 10.6. The maximum atomic E-state index is 11.8. The Morgan fingerprint density at radius 3 is 2.52 bits per heavy atom. The van der Waals surface area contributed by atoms with Crippen LogP contribution in [0, 0.1) is 0 Å². The molecule has 1 amide bonds. The number of amides is 1. The standard InChI is InChI=1S/C12H12F3NO5/c13-12(14,15)6-21-5-4-9(17)16-8-3-1-2-7(10(8)18)11(19)20/h1-3,18H,4-6H2,(H,16,17)(H,19,20). The van der Waals surface area contributed by atoms with Crippen molar-refractivity contribution in [3.63, 3.8) is 0 Å². The number of hydrogen-bond donors (Lipinski definition) is 3. The van der Waals surface area contributed by atoms with E-state index in [4.69, 9.17) is 5.11 Å². The highest BCUT2D eigenvalue weighted by molar-refractivity contribution is 5.97. The van der Waals surface area contributed by atoms with Gasteiger partial charge in [-0.25, -0.2) is 4.79 Å². The van der Waals surface area contributed by atoms with Gasteiger partial charge in [0.15, 0.2) is 5.75 Å². The molecule has 0 bridgehead atoms. The number of carboxylic acids is 1. The molecule has 0 unspecified atom stereocenters. The van der Waals surface area contributed by atoms with Gasteiger partial charge in [0, 0.05) is 0 Å². The summed E-state index contributed by atoms with van der Waals surface area (Å²) in [4.78, 5) is 22.2. The number of hydrogen-bond acceptors (Lipinski definition) is 4. The molecule has 3 N–H and O–H groups in total. The highest BCUT2D eigenvalue weighted by atomic mass is 19.4. The van der Waals surface area contributed by atoms with E-state index in [0.29, 0.717) is 0 Å². The Labute approximate surface area is 117 Å². The van der Waals surface area contributed by atoms with Crippen LogP contribution in [-0.4, -0.2) is 41.5 Å².